The number of rotatable bonds is 8. The summed E-state index contributed by atoms with van der Waals surface area (Å²) in [6.07, 6.45) is 4.71. The number of nitrogens with zero attached hydrogens (tertiary/aromatic N) is 4. The van der Waals surface area contributed by atoms with Gasteiger partial charge in [0.15, 0.2) is 5.16 Å². The third-order valence-electron chi connectivity index (χ3n) is 4.62. The Morgan fingerprint density at radius 3 is 2.80 bits per heavy atom. The van der Waals surface area contributed by atoms with Gasteiger partial charge in [0.1, 0.15) is 5.65 Å². The normalized spacial score (nSPS) is 11.7. The highest BCUT2D eigenvalue weighted by molar-refractivity contribution is 7.98. The Labute approximate surface area is 183 Å². The Balaban J connectivity index is 1.60. The minimum absolute atomic E-state index is 0.0190. The molecule has 4 aromatic rings. The van der Waals surface area contributed by atoms with Crippen molar-refractivity contribution in [2.45, 2.75) is 43.8 Å². The van der Waals surface area contributed by atoms with Crippen molar-refractivity contribution in [3.8, 4) is 0 Å². The fourth-order valence-corrected chi connectivity index (χ4v) is 4.30. The summed E-state index contributed by atoms with van der Waals surface area (Å²) in [6, 6.07) is 11.2. The van der Waals surface area contributed by atoms with Gasteiger partial charge in [0, 0.05) is 31.3 Å². The molecule has 0 unspecified atom stereocenters. The van der Waals surface area contributed by atoms with Crippen LogP contribution in [0.4, 0.5) is 0 Å². The molecule has 30 heavy (non-hydrogen) atoms. The number of imidazole rings is 1. The van der Waals surface area contributed by atoms with Crippen molar-refractivity contribution in [2.75, 3.05) is 6.61 Å². The van der Waals surface area contributed by atoms with Crippen molar-refractivity contribution in [3.05, 3.63) is 69.9 Å². The molecule has 0 atom stereocenters. The van der Waals surface area contributed by atoms with Crippen molar-refractivity contribution in [1.82, 2.24) is 18.9 Å². The van der Waals surface area contributed by atoms with E-state index in [9.17, 15) is 4.79 Å². The van der Waals surface area contributed by atoms with Crippen LogP contribution >= 0.6 is 23.4 Å². The zero-order valence-corrected chi connectivity index (χ0v) is 18.5. The second kappa shape index (κ2) is 9.20. The van der Waals surface area contributed by atoms with Crippen LogP contribution in [0.5, 0.6) is 0 Å². The van der Waals surface area contributed by atoms with Gasteiger partial charge in [-0.25, -0.2) is 9.97 Å². The SMILES string of the molecule is CC(C)OCCCn1c(SCc2cn3cc(Cl)ccc3n2)nc2ccccc2c1=O. The van der Waals surface area contributed by atoms with Crippen LogP contribution in [-0.2, 0) is 17.0 Å². The molecule has 3 heterocycles. The first-order valence-corrected chi connectivity index (χ1v) is 11.2. The Bertz CT molecular complexity index is 1230. The van der Waals surface area contributed by atoms with Crippen molar-refractivity contribution < 1.29 is 4.74 Å². The van der Waals surface area contributed by atoms with Crippen LogP contribution in [0, 0.1) is 0 Å². The Morgan fingerprint density at radius 1 is 1.13 bits per heavy atom. The fraction of sp³-hybridized carbons (Fsp3) is 0.318. The molecule has 0 saturated carbocycles. The summed E-state index contributed by atoms with van der Waals surface area (Å²) >= 11 is 7.58. The van der Waals surface area contributed by atoms with Crippen molar-refractivity contribution >= 4 is 39.9 Å². The molecule has 0 aliphatic carbocycles. The maximum atomic E-state index is 13.1. The molecule has 6 nitrogen and oxygen atoms in total. The minimum Gasteiger partial charge on any atom is -0.379 e. The van der Waals surface area contributed by atoms with Crippen molar-refractivity contribution in [1.29, 1.82) is 0 Å². The summed E-state index contributed by atoms with van der Waals surface area (Å²) in [6.45, 7) is 5.18. The maximum Gasteiger partial charge on any atom is 0.262 e. The van der Waals surface area contributed by atoms with Gasteiger partial charge in [-0.05, 0) is 44.5 Å². The summed E-state index contributed by atoms with van der Waals surface area (Å²) < 4.78 is 9.30. The molecule has 0 aliphatic heterocycles. The predicted octanol–water partition coefficient (Wildman–Crippen LogP) is 4.81. The standard InChI is InChI=1S/C22H23ClN4O2S/c1-15(2)29-11-5-10-27-21(28)18-6-3-4-7-19(18)25-22(27)30-14-17-13-26-12-16(23)8-9-20(26)24-17/h3-4,6-9,12-13,15H,5,10-11,14H2,1-2H3. The molecule has 8 heteroatoms. The van der Waals surface area contributed by atoms with Gasteiger partial charge in [0.25, 0.3) is 5.56 Å². The maximum absolute atomic E-state index is 13.1. The highest BCUT2D eigenvalue weighted by Gasteiger charge is 2.13. The Kier molecular flexibility index (Phi) is 6.41. The highest BCUT2D eigenvalue weighted by Crippen LogP contribution is 2.23. The van der Waals surface area contributed by atoms with E-state index in [1.54, 1.807) is 4.57 Å². The van der Waals surface area contributed by atoms with Crippen molar-refractivity contribution in [3.63, 3.8) is 0 Å². The molecule has 0 bridgehead atoms. The third kappa shape index (κ3) is 4.69. The molecule has 0 aliphatic rings. The molecular formula is C22H23ClN4O2S. The highest BCUT2D eigenvalue weighted by atomic mass is 35.5. The second-order valence-corrected chi connectivity index (χ2v) is 8.65. The third-order valence-corrected chi connectivity index (χ3v) is 5.85. The molecule has 0 N–H and O–H groups in total. The topological polar surface area (TPSA) is 61.4 Å². The molecule has 0 radical (unpaired) electrons. The number of pyridine rings is 1. The monoisotopic (exact) mass is 442 g/mol. The van der Waals surface area contributed by atoms with Gasteiger partial charge < -0.3 is 9.14 Å². The van der Waals surface area contributed by atoms with E-state index in [4.69, 9.17) is 21.3 Å². The number of aromatic nitrogens is 4. The predicted molar refractivity (Wildman–Crippen MR) is 121 cm³/mol. The molecule has 1 aromatic carbocycles. The largest absolute Gasteiger partial charge is 0.379 e. The van der Waals surface area contributed by atoms with Gasteiger partial charge in [-0.15, -0.1) is 0 Å². The lowest BCUT2D eigenvalue weighted by molar-refractivity contribution is 0.0743. The van der Waals surface area contributed by atoms with Crippen molar-refractivity contribution in [2.24, 2.45) is 0 Å². The molecule has 0 saturated heterocycles. The molecule has 0 fully saturated rings. The van der Waals surface area contributed by atoms with Crippen LogP contribution in [0.25, 0.3) is 16.6 Å². The van der Waals surface area contributed by atoms with Crippen LogP contribution < -0.4 is 5.56 Å². The fourth-order valence-electron chi connectivity index (χ4n) is 3.22. The van der Waals surface area contributed by atoms with Gasteiger partial charge in [-0.2, -0.15) is 0 Å². The first-order chi connectivity index (χ1) is 14.5. The number of benzene rings is 1. The second-order valence-electron chi connectivity index (χ2n) is 7.28. The molecule has 0 amide bonds. The minimum atomic E-state index is -0.0190. The van der Waals surface area contributed by atoms with Gasteiger partial charge in [0.2, 0.25) is 0 Å². The quantitative estimate of drug-likeness (QED) is 0.223. The summed E-state index contributed by atoms with van der Waals surface area (Å²) in [7, 11) is 0. The Hall–Kier alpha value is -2.35. The number of para-hydroxylation sites is 1. The summed E-state index contributed by atoms with van der Waals surface area (Å²) in [5, 5.41) is 1.99. The van der Waals surface area contributed by atoms with E-state index >= 15 is 0 Å². The van der Waals surface area contributed by atoms with E-state index in [1.807, 2.05) is 67.0 Å². The number of ether oxygens (including phenoxy) is 1. The summed E-state index contributed by atoms with van der Waals surface area (Å²) in [5.74, 6) is 0.604. The number of hydrogen-bond donors (Lipinski definition) is 0. The molecule has 3 aromatic heterocycles. The van der Waals surface area contributed by atoms with E-state index < -0.39 is 0 Å². The zero-order chi connectivity index (χ0) is 21.1. The molecule has 4 rings (SSSR count). The van der Waals surface area contributed by atoms with E-state index in [2.05, 4.69) is 4.98 Å². The summed E-state index contributed by atoms with van der Waals surface area (Å²) in [4.78, 5) is 22.5. The van der Waals surface area contributed by atoms with E-state index in [0.717, 1.165) is 17.8 Å². The molecule has 156 valence electrons. The number of halogens is 1. The number of fused-ring (bicyclic) bond motifs is 2. The van der Waals surface area contributed by atoms with Crippen LogP contribution in [0.15, 0.2) is 58.7 Å². The van der Waals surface area contributed by atoms with Crippen LogP contribution in [-0.4, -0.2) is 31.6 Å². The lowest BCUT2D eigenvalue weighted by Crippen LogP contribution is -2.24. The average molecular weight is 443 g/mol. The lowest BCUT2D eigenvalue weighted by atomic mass is 10.2. The molecular weight excluding hydrogens is 420 g/mol. The van der Waals surface area contributed by atoms with Crippen LogP contribution in [0.2, 0.25) is 5.02 Å². The zero-order valence-electron chi connectivity index (χ0n) is 16.9. The van der Waals surface area contributed by atoms with E-state index in [0.29, 0.717) is 40.0 Å². The summed E-state index contributed by atoms with van der Waals surface area (Å²) in [5.41, 5.74) is 2.43. The van der Waals surface area contributed by atoms with E-state index in [1.165, 1.54) is 11.8 Å². The van der Waals surface area contributed by atoms with Crippen LogP contribution in [0.1, 0.15) is 26.0 Å². The average Bonchev–Trinajstić information content (AvgIpc) is 3.13. The first kappa shape index (κ1) is 20.9. The van der Waals surface area contributed by atoms with E-state index in [-0.39, 0.29) is 11.7 Å². The smallest absolute Gasteiger partial charge is 0.262 e. The first-order valence-electron chi connectivity index (χ1n) is 9.88. The van der Waals surface area contributed by atoms with Gasteiger partial charge in [0.05, 0.1) is 27.7 Å². The number of hydrogen-bond acceptors (Lipinski definition) is 5. The Morgan fingerprint density at radius 2 is 1.97 bits per heavy atom. The van der Waals surface area contributed by atoms with Gasteiger partial charge in [-0.3, -0.25) is 9.36 Å². The van der Waals surface area contributed by atoms with Crippen LogP contribution in [0.3, 0.4) is 0 Å². The number of thioether (sulfide) groups is 1. The molecule has 0 spiro atoms. The lowest BCUT2D eigenvalue weighted by Gasteiger charge is -2.13. The van der Waals surface area contributed by atoms with Gasteiger partial charge in [-0.1, -0.05) is 35.5 Å². The van der Waals surface area contributed by atoms with Gasteiger partial charge >= 0.3 is 0 Å².